The van der Waals surface area contributed by atoms with Crippen LogP contribution in [0.15, 0.2) is 200 Å². The highest BCUT2D eigenvalue weighted by molar-refractivity contribution is 6.11. The monoisotopic (exact) mass is 727 g/mol. The van der Waals surface area contributed by atoms with Crippen LogP contribution in [0.4, 0.5) is 0 Å². The number of imidazole rings is 1. The molecule has 0 saturated carbocycles. The minimum atomic E-state index is 0.808. The topological polar surface area (TPSA) is 40.6 Å². The van der Waals surface area contributed by atoms with Crippen LogP contribution in [0.25, 0.3) is 105 Å². The summed E-state index contributed by atoms with van der Waals surface area (Å²) in [5.41, 5.74) is 12.5. The minimum Gasteiger partial charge on any atom is -0.309 e. The second kappa shape index (κ2) is 12.4. The molecule has 0 unspecified atom stereocenters. The van der Waals surface area contributed by atoms with Gasteiger partial charge in [0.2, 0.25) is 0 Å². The summed E-state index contributed by atoms with van der Waals surface area (Å²) < 4.78 is 7.03. The molecule has 0 radical (unpaired) electrons. The number of hydrogen-bond acceptors (Lipinski definition) is 2. The first-order valence-electron chi connectivity index (χ1n) is 19.3. The molecule has 0 spiro atoms. The number of fused-ring (bicyclic) bond motifs is 8. The summed E-state index contributed by atoms with van der Waals surface area (Å²) >= 11 is 0. The predicted molar refractivity (Wildman–Crippen MR) is 236 cm³/mol. The van der Waals surface area contributed by atoms with Crippen molar-refractivity contribution in [1.82, 2.24) is 23.7 Å². The summed E-state index contributed by atoms with van der Waals surface area (Å²) in [5.74, 6) is 0.821. The third kappa shape index (κ3) is 4.82. The van der Waals surface area contributed by atoms with E-state index in [4.69, 9.17) is 9.97 Å². The van der Waals surface area contributed by atoms with E-state index in [1.165, 1.54) is 32.3 Å². The van der Waals surface area contributed by atoms with Crippen LogP contribution in [-0.2, 0) is 0 Å². The van der Waals surface area contributed by atoms with E-state index in [1.807, 2.05) is 6.20 Å². The molecule has 5 heteroatoms. The number of aromatic nitrogens is 5. The Morgan fingerprint density at radius 2 is 0.860 bits per heavy atom. The van der Waals surface area contributed by atoms with E-state index < -0.39 is 0 Å². The van der Waals surface area contributed by atoms with Crippen LogP contribution < -0.4 is 0 Å². The summed E-state index contributed by atoms with van der Waals surface area (Å²) in [6, 6.07) is 69.5. The Labute approximate surface area is 328 Å². The number of para-hydroxylation sites is 5. The van der Waals surface area contributed by atoms with E-state index in [2.05, 4.69) is 208 Å². The Kier molecular flexibility index (Phi) is 6.86. The van der Waals surface area contributed by atoms with E-state index in [0.717, 1.165) is 72.8 Å². The molecule has 8 aromatic carbocycles. The average molecular weight is 728 g/mol. The maximum absolute atomic E-state index is 5.59. The Morgan fingerprint density at radius 1 is 0.351 bits per heavy atom. The molecule has 57 heavy (non-hydrogen) atoms. The molecule has 0 aliphatic heterocycles. The number of nitrogens with zero attached hydrogens (tertiary/aromatic N) is 5. The summed E-state index contributed by atoms with van der Waals surface area (Å²) in [7, 11) is 0. The van der Waals surface area contributed by atoms with Crippen LogP contribution in [0.1, 0.15) is 0 Å². The van der Waals surface area contributed by atoms with Crippen molar-refractivity contribution in [2.24, 2.45) is 0 Å². The van der Waals surface area contributed by atoms with Gasteiger partial charge >= 0.3 is 0 Å². The average Bonchev–Trinajstić information content (AvgIpc) is 3.95. The van der Waals surface area contributed by atoms with Crippen molar-refractivity contribution in [3.05, 3.63) is 200 Å². The van der Waals surface area contributed by atoms with Crippen molar-refractivity contribution >= 4 is 65.5 Å². The lowest BCUT2D eigenvalue weighted by molar-refractivity contribution is 1.07. The highest BCUT2D eigenvalue weighted by atomic mass is 15.1. The molecular formula is C52H33N5. The lowest BCUT2D eigenvalue weighted by Crippen LogP contribution is -2.03. The fourth-order valence-electron chi connectivity index (χ4n) is 8.96. The fraction of sp³-hybridized carbons (Fsp3) is 0. The number of rotatable bonds is 5. The maximum Gasteiger partial charge on any atom is 0.165 e. The predicted octanol–water partition coefficient (Wildman–Crippen LogP) is 13.1. The number of benzene rings is 8. The molecule has 0 atom stereocenters. The van der Waals surface area contributed by atoms with Crippen LogP contribution in [0, 0.1) is 0 Å². The van der Waals surface area contributed by atoms with Crippen molar-refractivity contribution in [1.29, 1.82) is 0 Å². The molecular weight excluding hydrogens is 695 g/mol. The Hall–Kier alpha value is -7.76. The van der Waals surface area contributed by atoms with E-state index in [-0.39, 0.29) is 0 Å². The third-order valence-corrected chi connectivity index (χ3v) is 11.5. The first-order chi connectivity index (χ1) is 28.3. The van der Waals surface area contributed by atoms with Gasteiger partial charge in [-0.25, -0.2) is 9.97 Å². The van der Waals surface area contributed by atoms with Crippen molar-refractivity contribution < 1.29 is 0 Å². The first-order valence-corrected chi connectivity index (χ1v) is 19.3. The van der Waals surface area contributed by atoms with E-state index in [9.17, 15) is 0 Å². The van der Waals surface area contributed by atoms with Crippen LogP contribution in [0.3, 0.4) is 0 Å². The molecule has 0 fully saturated rings. The maximum atomic E-state index is 5.59. The van der Waals surface area contributed by atoms with Gasteiger partial charge in [0, 0.05) is 55.9 Å². The third-order valence-electron chi connectivity index (χ3n) is 11.5. The molecule has 4 aromatic heterocycles. The van der Waals surface area contributed by atoms with Crippen molar-refractivity contribution in [3.8, 4) is 39.6 Å². The second-order valence-corrected chi connectivity index (χ2v) is 14.7. The summed E-state index contributed by atoms with van der Waals surface area (Å²) in [6.07, 6.45) is 1.91. The minimum absolute atomic E-state index is 0.808. The smallest absolute Gasteiger partial charge is 0.165 e. The van der Waals surface area contributed by atoms with Crippen molar-refractivity contribution in [2.75, 3.05) is 0 Å². The molecule has 0 aliphatic carbocycles. The molecule has 5 nitrogen and oxygen atoms in total. The Bertz CT molecular complexity index is 3290. The van der Waals surface area contributed by atoms with Crippen LogP contribution in [-0.4, -0.2) is 23.7 Å². The van der Waals surface area contributed by atoms with Crippen molar-refractivity contribution in [2.45, 2.75) is 0 Å². The zero-order chi connectivity index (χ0) is 37.5. The Morgan fingerprint density at radius 3 is 1.44 bits per heavy atom. The SMILES string of the molecule is c1ccc(-n2c(-c3cc(-n4c5ccccc5c5ccccc54)cc(-n4c5ccccc5c5ccccc54)c3)nc3c(-c4ccc5ccccc5c4)ccnc32)cc1. The zero-order valence-corrected chi connectivity index (χ0v) is 30.8. The summed E-state index contributed by atoms with van der Waals surface area (Å²) in [5, 5.41) is 7.28. The highest BCUT2D eigenvalue weighted by Crippen LogP contribution is 2.40. The summed E-state index contributed by atoms with van der Waals surface area (Å²) in [4.78, 5) is 10.6. The largest absolute Gasteiger partial charge is 0.309 e. The van der Waals surface area contributed by atoms with Crippen LogP contribution >= 0.6 is 0 Å². The standard InChI is InChI=1S/C52H33N5/c1-2-16-38(17-3-1)57-51(54-50-41(28-29-53-52(50)57)36-27-26-34-14-4-5-15-35(34)30-36)37-31-39(55-46-22-10-6-18-42(46)43-19-7-11-23-47(43)55)33-40(32-37)56-48-24-12-8-20-44(48)45-21-9-13-25-49(45)56/h1-33H. The van der Waals surface area contributed by atoms with Gasteiger partial charge in [-0.05, 0) is 83.1 Å². The molecule has 0 bridgehead atoms. The fourth-order valence-corrected chi connectivity index (χ4v) is 8.96. The quantitative estimate of drug-likeness (QED) is 0.177. The second-order valence-electron chi connectivity index (χ2n) is 14.7. The molecule has 266 valence electrons. The van der Waals surface area contributed by atoms with Crippen LogP contribution in [0.5, 0.6) is 0 Å². The van der Waals surface area contributed by atoms with E-state index >= 15 is 0 Å². The van der Waals surface area contributed by atoms with Gasteiger partial charge in [0.1, 0.15) is 11.3 Å². The van der Waals surface area contributed by atoms with Gasteiger partial charge in [0.15, 0.2) is 5.65 Å². The highest BCUT2D eigenvalue weighted by Gasteiger charge is 2.22. The van der Waals surface area contributed by atoms with Gasteiger partial charge in [0.25, 0.3) is 0 Å². The molecule has 0 N–H and O–H groups in total. The van der Waals surface area contributed by atoms with Gasteiger partial charge in [-0.3, -0.25) is 4.57 Å². The number of hydrogen-bond donors (Lipinski definition) is 0. The van der Waals surface area contributed by atoms with Gasteiger partial charge in [-0.2, -0.15) is 0 Å². The van der Waals surface area contributed by atoms with Gasteiger partial charge in [-0.1, -0.05) is 127 Å². The first kappa shape index (κ1) is 31.6. The Balaban J connectivity index is 1.20. The molecule has 0 saturated heterocycles. The van der Waals surface area contributed by atoms with Gasteiger partial charge < -0.3 is 9.13 Å². The zero-order valence-electron chi connectivity index (χ0n) is 30.8. The van der Waals surface area contributed by atoms with E-state index in [1.54, 1.807) is 0 Å². The van der Waals surface area contributed by atoms with Gasteiger partial charge in [0.05, 0.1) is 22.1 Å². The lowest BCUT2D eigenvalue weighted by Gasteiger charge is -2.16. The molecule has 12 rings (SSSR count). The molecule has 0 amide bonds. The van der Waals surface area contributed by atoms with Gasteiger partial charge in [-0.15, -0.1) is 0 Å². The molecule has 4 heterocycles. The summed E-state index contributed by atoms with van der Waals surface area (Å²) in [6.45, 7) is 0. The molecule has 0 aliphatic rings. The van der Waals surface area contributed by atoms with Crippen molar-refractivity contribution in [3.63, 3.8) is 0 Å². The normalized spacial score (nSPS) is 11.9. The number of pyridine rings is 1. The molecule has 12 aromatic rings. The van der Waals surface area contributed by atoms with Crippen LogP contribution in [0.2, 0.25) is 0 Å². The lowest BCUT2D eigenvalue weighted by atomic mass is 10.0. The van der Waals surface area contributed by atoms with E-state index in [0.29, 0.717) is 0 Å².